The van der Waals surface area contributed by atoms with E-state index in [0.29, 0.717) is 0 Å². The summed E-state index contributed by atoms with van der Waals surface area (Å²) in [5.41, 5.74) is 3.46. The first-order valence-electron chi connectivity index (χ1n) is 6.49. The first-order chi connectivity index (χ1) is 8.79. The molecule has 1 saturated heterocycles. The molecule has 18 heavy (non-hydrogen) atoms. The summed E-state index contributed by atoms with van der Waals surface area (Å²) in [7, 11) is 1.66. The van der Waals surface area contributed by atoms with Gasteiger partial charge in [0.2, 0.25) is 0 Å². The van der Waals surface area contributed by atoms with Crippen LogP contribution in [0.3, 0.4) is 0 Å². The number of piperidine rings is 1. The van der Waals surface area contributed by atoms with Gasteiger partial charge in [0.15, 0.2) is 0 Å². The summed E-state index contributed by atoms with van der Waals surface area (Å²) in [6.07, 6.45) is 5.52. The van der Waals surface area contributed by atoms with Gasteiger partial charge in [-0.2, -0.15) is 0 Å². The molecule has 0 aliphatic carbocycles. The van der Waals surface area contributed by atoms with Crippen LogP contribution in [-0.2, 0) is 6.42 Å². The van der Waals surface area contributed by atoms with E-state index in [-0.39, 0.29) is 5.91 Å². The number of hydrogen-bond acceptors (Lipinski definition) is 2. The molecule has 1 aliphatic rings. The first kappa shape index (κ1) is 12.8. The Kier molecular flexibility index (Phi) is 4.53. The fourth-order valence-electron chi connectivity index (χ4n) is 2.20. The predicted molar refractivity (Wildman–Crippen MR) is 73.7 cm³/mol. The van der Waals surface area contributed by atoms with E-state index in [2.05, 4.69) is 22.8 Å². The maximum Gasteiger partial charge on any atom is 0.251 e. The molecular formula is C15H20N2O. The van der Waals surface area contributed by atoms with Crippen molar-refractivity contribution in [1.82, 2.24) is 10.6 Å². The van der Waals surface area contributed by atoms with Gasteiger partial charge in [0.05, 0.1) is 0 Å². The third-order valence-electron chi connectivity index (χ3n) is 3.29. The lowest BCUT2D eigenvalue weighted by molar-refractivity contribution is 0.0963. The monoisotopic (exact) mass is 244 g/mol. The molecule has 1 fully saturated rings. The number of amides is 1. The van der Waals surface area contributed by atoms with Crippen LogP contribution in [0.4, 0.5) is 0 Å². The minimum Gasteiger partial charge on any atom is -0.355 e. The largest absolute Gasteiger partial charge is 0.355 e. The number of carbonyl (C=O) groups excluding carboxylic acids is 1. The van der Waals surface area contributed by atoms with Crippen molar-refractivity contribution >= 4 is 5.91 Å². The van der Waals surface area contributed by atoms with Crippen LogP contribution in [-0.4, -0.2) is 26.0 Å². The van der Waals surface area contributed by atoms with E-state index < -0.39 is 0 Å². The molecule has 0 bridgehead atoms. The third-order valence-corrected chi connectivity index (χ3v) is 3.29. The average molecular weight is 244 g/mol. The van der Waals surface area contributed by atoms with Gasteiger partial charge in [-0.25, -0.2) is 0 Å². The zero-order valence-corrected chi connectivity index (χ0v) is 10.8. The highest BCUT2D eigenvalue weighted by Gasteiger charge is 2.05. The molecule has 0 spiro atoms. The van der Waals surface area contributed by atoms with E-state index in [1.54, 1.807) is 7.05 Å². The molecule has 3 nitrogen and oxygen atoms in total. The van der Waals surface area contributed by atoms with Gasteiger partial charge in [-0.05, 0) is 50.0 Å². The highest BCUT2D eigenvalue weighted by atomic mass is 16.1. The van der Waals surface area contributed by atoms with Crippen LogP contribution in [0, 0.1) is 0 Å². The number of nitrogens with one attached hydrogen (secondary N) is 2. The SMILES string of the molecule is CNC(=O)c1cccc(CC=C2CCNCC2)c1. The highest BCUT2D eigenvalue weighted by molar-refractivity contribution is 5.94. The van der Waals surface area contributed by atoms with E-state index in [1.165, 1.54) is 11.1 Å². The maximum atomic E-state index is 11.5. The number of benzene rings is 1. The van der Waals surface area contributed by atoms with Gasteiger partial charge < -0.3 is 10.6 Å². The van der Waals surface area contributed by atoms with Gasteiger partial charge in [-0.15, -0.1) is 0 Å². The van der Waals surface area contributed by atoms with Crippen LogP contribution in [0.5, 0.6) is 0 Å². The van der Waals surface area contributed by atoms with Crippen molar-refractivity contribution < 1.29 is 4.79 Å². The van der Waals surface area contributed by atoms with Gasteiger partial charge in [0.25, 0.3) is 5.91 Å². The van der Waals surface area contributed by atoms with Crippen molar-refractivity contribution in [2.75, 3.05) is 20.1 Å². The molecule has 0 aromatic heterocycles. The summed E-state index contributed by atoms with van der Waals surface area (Å²) in [5.74, 6) is -0.0219. The van der Waals surface area contributed by atoms with Crippen molar-refractivity contribution in [3.63, 3.8) is 0 Å². The predicted octanol–water partition coefficient (Wildman–Crippen LogP) is 1.90. The maximum absolute atomic E-state index is 11.5. The Bertz CT molecular complexity index is 444. The zero-order chi connectivity index (χ0) is 12.8. The smallest absolute Gasteiger partial charge is 0.251 e. The zero-order valence-electron chi connectivity index (χ0n) is 10.8. The summed E-state index contributed by atoms with van der Waals surface area (Å²) in [5, 5.41) is 6.00. The summed E-state index contributed by atoms with van der Waals surface area (Å²) in [4.78, 5) is 11.5. The van der Waals surface area contributed by atoms with Crippen LogP contribution in [0.1, 0.15) is 28.8 Å². The van der Waals surface area contributed by atoms with Crippen molar-refractivity contribution in [2.45, 2.75) is 19.3 Å². The van der Waals surface area contributed by atoms with Gasteiger partial charge in [-0.3, -0.25) is 4.79 Å². The van der Waals surface area contributed by atoms with E-state index in [9.17, 15) is 4.79 Å². The average Bonchev–Trinajstić information content (AvgIpc) is 2.45. The van der Waals surface area contributed by atoms with E-state index in [4.69, 9.17) is 0 Å². The quantitative estimate of drug-likeness (QED) is 0.797. The van der Waals surface area contributed by atoms with Crippen LogP contribution in [0.25, 0.3) is 0 Å². The number of hydrogen-bond donors (Lipinski definition) is 2. The van der Waals surface area contributed by atoms with Crippen LogP contribution in [0.2, 0.25) is 0 Å². The van der Waals surface area contributed by atoms with Crippen molar-refractivity contribution in [3.8, 4) is 0 Å². The summed E-state index contributed by atoms with van der Waals surface area (Å²) in [6.45, 7) is 2.17. The van der Waals surface area contributed by atoms with Crippen molar-refractivity contribution in [1.29, 1.82) is 0 Å². The molecule has 1 amide bonds. The molecule has 1 aliphatic heterocycles. The van der Waals surface area contributed by atoms with E-state index in [1.807, 2.05) is 18.2 Å². The molecule has 0 saturated carbocycles. The Morgan fingerprint density at radius 3 is 2.89 bits per heavy atom. The fraction of sp³-hybridized carbons (Fsp3) is 0.400. The molecule has 0 unspecified atom stereocenters. The molecule has 0 radical (unpaired) electrons. The molecule has 2 rings (SSSR count). The standard InChI is InChI=1S/C15H20N2O/c1-16-15(18)14-4-2-3-13(11-14)6-5-12-7-9-17-10-8-12/h2-5,11,17H,6-10H2,1H3,(H,16,18). The van der Waals surface area contributed by atoms with Crippen molar-refractivity contribution in [3.05, 3.63) is 47.0 Å². The molecule has 1 aromatic carbocycles. The second-order valence-electron chi connectivity index (χ2n) is 4.60. The van der Waals surface area contributed by atoms with Gasteiger partial charge >= 0.3 is 0 Å². The Morgan fingerprint density at radius 2 is 2.17 bits per heavy atom. The minimum atomic E-state index is -0.0219. The molecular weight excluding hydrogens is 224 g/mol. The summed E-state index contributed by atoms with van der Waals surface area (Å²) < 4.78 is 0. The molecule has 1 aromatic rings. The summed E-state index contributed by atoms with van der Waals surface area (Å²) >= 11 is 0. The summed E-state index contributed by atoms with van der Waals surface area (Å²) in [6, 6.07) is 7.84. The lowest BCUT2D eigenvalue weighted by Gasteiger charge is -2.15. The molecule has 0 atom stereocenters. The first-order valence-corrected chi connectivity index (χ1v) is 6.49. The number of rotatable bonds is 3. The molecule has 2 N–H and O–H groups in total. The normalized spacial score (nSPS) is 15.3. The molecule has 96 valence electrons. The fourth-order valence-corrected chi connectivity index (χ4v) is 2.20. The Morgan fingerprint density at radius 1 is 1.39 bits per heavy atom. The van der Waals surface area contributed by atoms with Gasteiger partial charge in [-0.1, -0.05) is 23.8 Å². The highest BCUT2D eigenvalue weighted by Crippen LogP contribution is 2.13. The van der Waals surface area contributed by atoms with Gasteiger partial charge in [0.1, 0.15) is 0 Å². The minimum absolute atomic E-state index is 0.0219. The topological polar surface area (TPSA) is 41.1 Å². The van der Waals surface area contributed by atoms with Crippen LogP contribution < -0.4 is 10.6 Å². The third kappa shape index (κ3) is 3.44. The van der Waals surface area contributed by atoms with Crippen LogP contribution in [0.15, 0.2) is 35.9 Å². The Hall–Kier alpha value is -1.61. The Labute approximate surface area is 108 Å². The second kappa shape index (κ2) is 6.36. The lowest BCUT2D eigenvalue weighted by atomic mass is 10.0. The lowest BCUT2D eigenvalue weighted by Crippen LogP contribution is -2.23. The molecule has 1 heterocycles. The number of allylic oxidation sites excluding steroid dienone is 1. The Balaban J connectivity index is 2.02. The van der Waals surface area contributed by atoms with Crippen molar-refractivity contribution in [2.24, 2.45) is 0 Å². The number of carbonyl (C=O) groups is 1. The second-order valence-corrected chi connectivity index (χ2v) is 4.60. The van der Waals surface area contributed by atoms with E-state index >= 15 is 0 Å². The van der Waals surface area contributed by atoms with Gasteiger partial charge in [0, 0.05) is 12.6 Å². The van der Waals surface area contributed by atoms with E-state index in [0.717, 1.165) is 37.9 Å². The molecule has 3 heteroatoms. The van der Waals surface area contributed by atoms with Crippen LogP contribution >= 0.6 is 0 Å².